The van der Waals surface area contributed by atoms with Gasteiger partial charge in [0.05, 0.1) is 0 Å². The summed E-state index contributed by atoms with van der Waals surface area (Å²) in [6.45, 7) is 0.377. The molecule has 0 radical (unpaired) electrons. The van der Waals surface area contributed by atoms with Gasteiger partial charge in [0.25, 0.3) is 0 Å². The van der Waals surface area contributed by atoms with Gasteiger partial charge in [0.15, 0.2) is 5.82 Å². The standard InChI is InChI=1S/C18H16N4O2/c1-22-11-19-21-17(22)12-6-8-13(9-7-12)20-18(23)15-10-24-16-5-3-2-4-14(15)16/h2-9,11,15H,10H2,1H3,(H,20,23)/t15-/m0/s1. The van der Waals surface area contributed by atoms with Crippen molar-refractivity contribution in [2.45, 2.75) is 5.92 Å². The van der Waals surface area contributed by atoms with Gasteiger partial charge in [-0.3, -0.25) is 4.79 Å². The first kappa shape index (κ1) is 14.4. The molecule has 1 aliphatic rings. The van der Waals surface area contributed by atoms with E-state index in [1.54, 1.807) is 6.33 Å². The van der Waals surface area contributed by atoms with Crippen LogP contribution in [0.1, 0.15) is 11.5 Å². The predicted octanol–water partition coefficient (Wildman–Crippen LogP) is 2.60. The van der Waals surface area contributed by atoms with Crippen molar-refractivity contribution in [2.24, 2.45) is 7.05 Å². The molecule has 0 fully saturated rings. The maximum Gasteiger partial charge on any atom is 0.235 e. The summed E-state index contributed by atoms with van der Waals surface area (Å²) in [4.78, 5) is 12.5. The maximum absolute atomic E-state index is 12.5. The van der Waals surface area contributed by atoms with Crippen molar-refractivity contribution in [2.75, 3.05) is 11.9 Å². The second-order valence-electron chi connectivity index (χ2n) is 5.73. The summed E-state index contributed by atoms with van der Waals surface area (Å²) in [5.41, 5.74) is 2.63. The van der Waals surface area contributed by atoms with E-state index in [0.29, 0.717) is 6.61 Å². The zero-order valence-corrected chi connectivity index (χ0v) is 13.1. The largest absolute Gasteiger partial charge is 0.492 e. The molecule has 4 rings (SSSR count). The molecule has 0 spiro atoms. The summed E-state index contributed by atoms with van der Waals surface area (Å²) in [6, 6.07) is 15.2. The van der Waals surface area contributed by atoms with E-state index in [4.69, 9.17) is 4.74 Å². The summed E-state index contributed by atoms with van der Waals surface area (Å²) in [6.07, 6.45) is 1.66. The number of nitrogens with one attached hydrogen (secondary N) is 1. The third-order valence-corrected chi connectivity index (χ3v) is 4.14. The van der Waals surface area contributed by atoms with Gasteiger partial charge in [-0.05, 0) is 30.3 Å². The van der Waals surface area contributed by atoms with Crippen molar-refractivity contribution < 1.29 is 9.53 Å². The lowest BCUT2D eigenvalue weighted by Crippen LogP contribution is -2.22. The highest BCUT2D eigenvalue weighted by molar-refractivity contribution is 5.97. The summed E-state index contributed by atoms with van der Waals surface area (Å²) in [7, 11) is 1.89. The molecule has 6 nitrogen and oxygen atoms in total. The van der Waals surface area contributed by atoms with Crippen LogP contribution in [-0.4, -0.2) is 27.3 Å². The van der Waals surface area contributed by atoms with Crippen LogP contribution >= 0.6 is 0 Å². The van der Waals surface area contributed by atoms with E-state index in [-0.39, 0.29) is 11.8 Å². The number of hydrogen-bond acceptors (Lipinski definition) is 4. The maximum atomic E-state index is 12.5. The third-order valence-electron chi connectivity index (χ3n) is 4.14. The number of para-hydroxylation sites is 1. The first-order valence-electron chi connectivity index (χ1n) is 7.69. The van der Waals surface area contributed by atoms with Gasteiger partial charge in [-0.25, -0.2) is 0 Å². The van der Waals surface area contributed by atoms with E-state index in [1.165, 1.54) is 0 Å². The van der Waals surface area contributed by atoms with Crippen LogP contribution in [0.5, 0.6) is 5.75 Å². The second kappa shape index (κ2) is 5.81. The highest BCUT2D eigenvalue weighted by Gasteiger charge is 2.29. The van der Waals surface area contributed by atoms with Gasteiger partial charge >= 0.3 is 0 Å². The molecule has 0 aliphatic carbocycles. The van der Waals surface area contributed by atoms with Crippen LogP contribution in [0.2, 0.25) is 0 Å². The third kappa shape index (κ3) is 2.52. The Hall–Kier alpha value is -3.15. The first-order chi connectivity index (χ1) is 11.7. The van der Waals surface area contributed by atoms with E-state index in [2.05, 4.69) is 15.5 Å². The summed E-state index contributed by atoms with van der Waals surface area (Å²) < 4.78 is 7.42. The molecule has 2 heterocycles. The van der Waals surface area contributed by atoms with Crippen LogP contribution in [0.25, 0.3) is 11.4 Å². The summed E-state index contributed by atoms with van der Waals surface area (Å²) in [5.74, 6) is 1.23. The Morgan fingerprint density at radius 3 is 2.75 bits per heavy atom. The SMILES string of the molecule is Cn1cnnc1-c1ccc(NC(=O)[C@H]2COc3ccccc32)cc1. The Morgan fingerprint density at radius 1 is 1.21 bits per heavy atom. The quantitative estimate of drug-likeness (QED) is 0.805. The predicted molar refractivity (Wildman–Crippen MR) is 89.7 cm³/mol. The fourth-order valence-electron chi connectivity index (χ4n) is 2.86. The average molecular weight is 320 g/mol. The molecular weight excluding hydrogens is 304 g/mol. The normalized spacial score (nSPS) is 15.6. The van der Waals surface area contributed by atoms with Gasteiger partial charge in [-0.2, -0.15) is 0 Å². The van der Waals surface area contributed by atoms with Gasteiger partial charge in [-0.15, -0.1) is 10.2 Å². The number of anilines is 1. The Labute approximate surface area is 139 Å². The molecule has 1 N–H and O–H groups in total. The number of amides is 1. The minimum Gasteiger partial charge on any atom is -0.492 e. The number of aromatic nitrogens is 3. The highest BCUT2D eigenvalue weighted by Crippen LogP contribution is 2.34. The van der Waals surface area contributed by atoms with Crippen LogP contribution in [0.4, 0.5) is 5.69 Å². The Kier molecular flexibility index (Phi) is 3.49. The smallest absolute Gasteiger partial charge is 0.235 e. The summed E-state index contributed by atoms with van der Waals surface area (Å²) in [5, 5.41) is 10.9. The van der Waals surface area contributed by atoms with Crippen LogP contribution in [0.3, 0.4) is 0 Å². The number of carbonyl (C=O) groups excluding carboxylic acids is 1. The topological polar surface area (TPSA) is 69.0 Å². The lowest BCUT2D eigenvalue weighted by Gasteiger charge is -2.10. The van der Waals surface area contributed by atoms with Crippen LogP contribution in [-0.2, 0) is 11.8 Å². The molecule has 120 valence electrons. The zero-order chi connectivity index (χ0) is 16.5. The van der Waals surface area contributed by atoms with E-state index in [1.807, 2.05) is 60.1 Å². The van der Waals surface area contributed by atoms with Gasteiger partial charge < -0.3 is 14.6 Å². The van der Waals surface area contributed by atoms with Crippen LogP contribution < -0.4 is 10.1 Å². The molecular formula is C18H16N4O2. The van der Waals surface area contributed by atoms with Crippen LogP contribution in [0.15, 0.2) is 54.9 Å². The molecule has 0 bridgehead atoms. The molecule has 0 unspecified atom stereocenters. The minimum absolute atomic E-state index is 0.0636. The van der Waals surface area contributed by atoms with Crippen molar-refractivity contribution in [3.63, 3.8) is 0 Å². The number of hydrogen-bond donors (Lipinski definition) is 1. The Morgan fingerprint density at radius 2 is 2.00 bits per heavy atom. The molecule has 24 heavy (non-hydrogen) atoms. The number of ether oxygens (including phenoxy) is 1. The molecule has 0 saturated heterocycles. The lowest BCUT2D eigenvalue weighted by molar-refractivity contribution is -0.117. The van der Waals surface area contributed by atoms with E-state index in [0.717, 1.165) is 28.4 Å². The molecule has 0 saturated carbocycles. The van der Waals surface area contributed by atoms with Gasteiger partial charge in [-0.1, -0.05) is 18.2 Å². The van der Waals surface area contributed by atoms with E-state index < -0.39 is 0 Å². The molecule has 1 atom stereocenters. The number of nitrogens with zero attached hydrogens (tertiary/aromatic N) is 3. The van der Waals surface area contributed by atoms with Gasteiger partial charge in [0, 0.05) is 23.9 Å². The molecule has 6 heteroatoms. The number of fused-ring (bicyclic) bond motifs is 1. The van der Waals surface area contributed by atoms with Crippen LogP contribution in [0, 0.1) is 0 Å². The van der Waals surface area contributed by atoms with Crippen molar-refractivity contribution in [3.8, 4) is 17.1 Å². The molecule has 3 aromatic rings. The number of aryl methyl sites for hydroxylation is 1. The highest BCUT2D eigenvalue weighted by atomic mass is 16.5. The zero-order valence-electron chi connectivity index (χ0n) is 13.1. The van der Waals surface area contributed by atoms with E-state index >= 15 is 0 Å². The lowest BCUT2D eigenvalue weighted by atomic mass is 10.0. The second-order valence-corrected chi connectivity index (χ2v) is 5.73. The fraction of sp³-hybridized carbons (Fsp3) is 0.167. The Balaban J connectivity index is 1.50. The molecule has 1 aliphatic heterocycles. The minimum atomic E-state index is -0.278. The summed E-state index contributed by atoms with van der Waals surface area (Å²) >= 11 is 0. The average Bonchev–Trinajstić information content (AvgIpc) is 3.22. The monoisotopic (exact) mass is 320 g/mol. The van der Waals surface area contributed by atoms with Crippen molar-refractivity contribution >= 4 is 11.6 Å². The van der Waals surface area contributed by atoms with E-state index in [9.17, 15) is 4.79 Å². The van der Waals surface area contributed by atoms with Crippen molar-refractivity contribution in [1.82, 2.24) is 14.8 Å². The first-order valence-corrected chi connectivity index (χ1v) is 7.69. The molecule has 1 aromatic heterocycles. The van der Waals surface area contributed by atoms with Gasteiger partial charge in [0.1, 0.15) is 24.6 Å². The van der Waals surface area contributed by atoms with Gasteiger partial charge in [0.2, 0.25) is 5.91 Å². The molecule has 2 aromatic carbocycles. The van der Waals surface area contributed by atoms with Crippen molar-refractivity contribution in [3.05, 3.63) is 60.4 Å². The number of carbonyl (C=O) groups is 1. The number of rotatable bonds is 3. The Bertz CT molecular complexity index is 886. The molecule has 1 amide bonds. The fourth-order valence-corrected chi connectivity index (χ4v) is 2.86. The van der Waals surface area contributed by atoms with Crippen molar-refractivity contribution in [1.29, 1.82) is 0 Å². The number of benzene rings is 2.